The molecule has 23 heavy (non-hydrogen) atoms. The highest BCUT2D eigenvalue weighted by atomic mass is 79.9. The summed E-state index contributed by atoms with van der Waals surface area (Å²) in [6, 6.07) is 2.46. The van der Waals surface area contributed by atoms with Crippen LogP contribution in [0.2, 0.25) is 0 Å². The van der Waals surface area contributed by atoms with Crippen LogP contribution in [0.25, 0.3) is 0 Å². The molecule has 1 aliphatic rings. The van der Waals surface area contributed by atoms with Gasteiger partial charge in [-0.15, -0.1) is 0 Å². The van der Waals surface area contributed by atoms with E-state index in [1.165, 1.54) is 12.1 Å². The van der Waals surface area contributed by atoms with Gasteiger partial charge in [0.2, 0.25) is 0 Å². The van der Waals surface area contributed by atoms with E-state index in [2.05, 4.69) is 21.2 Å². The minimum Gasteiger partial charge on any atom is -0.444 e. The van der Waals surface area contributed by atoms with Gasteiger partial charge in [-0.2, -0.15) is 0 Å². The van der Waals surface area contributed by atoms with Crippen molar-refractivity contribution in [3.8, 4) is 0 Å². The summed E-state index contributed by atoms with van der Waals surface area (Å²) in [4.78, 5) is 11.8. The van der Waals surface area contributed by atoms with Crippen molar-refractivity contribution in [3.63, 3.8) is 0 Å². The van der Waals surface area contributed by atoms with Gasteiger partial charge in [0.25, 0.3) is 0 Å². The first-order valence-electron chi connectivity index (χ1n) is 7.32. The fourth-order valence-corrected chi connectivity index (χ4v) is 3.09. The van der Waals surface area contributed by atoms with Crippen LogP contribution >= 0.6 is 15.9 Å². The minimum absolute atomic E-state index is 0.00255. The van der Waals surface area contributed by atoms with E-state index in [0.29, 0.717) is 6.42 Å². The normalized spacial score (nSPS) is 23.5. The Morgan fingerprint density at radius 1 is 1.48 bits per heavy atom. The number of halogens is 3. The average Bonchev–Trinajstić information content (AvgIpc) is 3.14. The fourth-order valence-electron chi connectivity index (χ4n) is 2.76. The highest BCUT2D eigenvalue weighted by Gasteiger charge is 2.57. The largest absolute Gasteiger partial charge is 0.444 e. The van der Waals surface area contributed by atoms with Crippen LogP contribution in [-0.4, -0.2) is 30.0 Å². The lowest BCUT2D eigenvalue weighted by molar-refractivity contribution is 0.0519. The maximum absolute atomic E-state index is 14.4. The van der Waals surface area contributed by atoms with Crippen LogP contribution in [-0.2, 0) is 10.2 Å². The van der Waals surface area contributed by atoms with Crippen molar-refractivity contribution in [2.24, 2.45) is 5.92 Å². The first-order chi connectivity index (χ1) is 10.6. The molecule has 0 radical (unpaired) electrons. The van der Waals surface area contributed by atoms with Crippen LogP contribution in [0.15, 0.2) is 16.6 Å². The Morgan fingerprint density at radius 2 is 2.13 bits per heavy atom. The van der Waals surface area contributed by atoms with Gasteiger partial charge in [0, 0.05) is 24.1 Å². The summed E-state index contributed by atoms with van der Waals surface area (Å²) in [6.45, 7) is 4.97. The van der Waals surface area contributed by atoms with E-state index in [4.69, 9.17) is 4.74 Å². The Bertz CT molecular complexity index is 618. The molecule has 0 spiro atoms. The van der Waals surface area contributed by atoms with Crippen molar-refractivity contribution in [1.82, 2.24) is 5.32 Å². The Labute approximate surface area is 142 Å². The third-order valence-corrected chi connectivity index (χ3v) is 4.55. The summed E-state index contributed by atoms with van der Waals surface area (Å²) in [5.41, 5.74) is -1.73. The number of amides is 1. The molecule has 2 rings (SSSR count). The molecule has 7 heteroatoms. The van der Waals surface area contributed by atoms with Crippen LogP contribution in [0.5, 0.6) is 0 Å². The molecule has 0 aliphatic heterocycles. The van der Waals surface area contributed by atoms with Crippen LogP contribution in [0.1, 0.15) is 32.8 Å². The molecule has 1 aromatic rings. The predicted octanol–water partition coefficient (Wildman–Crippen LogP) is 3.50. The zero-order chi connectivity index (χ0) is 17.4. The number of ether oxygens (including phenoxy) is 1. The number of carbonyl (C=O) groups excluding carboxylic acids is 1. The number of aliphatic hydroxyl groups is 1. The molecule has 0 aromatic heterocycles. The molecule has 1 saturated carbocycles. The molecule has 4 nitrogen and oxygen atoms in total. The van der Waals surface area contributed by atoms with Crippen molar-refractivity contribution >= 4 is 22.0 Å². The van der Waals surface area contributed by atoms with Gasteiger partial charge in [0.15, 0.2) is 0 Å². The minimum atomic E-state index is -0.955. The van der Waals surface area contributed by atoms with E-state index >= 15 is 0 Å². The summed E-state index contributed by atoms with van der Waals surface area (Å²) < 4.78 is 33.9. The molecule has 1 aliphatic carbocycles. The maximum atomic E-state index is 14.4. The molecule has 1 amide bonds. The van der Waals surface area contributed by atoms with Gasteiger partial charge in [-0.05, 0) is 61.2 Å². The summed E-state index contributed by atoms with van der Waals surface area (Å²) >= 11 is 3.05. The molecule has 0 bridgehead atoms. The number of aliphatic hydroxyl groups excluding tert-OH is 1. The zero-order valence-corrected chi connectivity index (χ0v) is 14.8. The van der Waals surface area contributed by atoms with Crippen LogP contribution in [0.3, 0.4) is 0 Å². The summed E-state index contributed by atoms with van der Waals surface area (Å²) in [6.07, 6.45) is -0.264. The molecular formula is C16H20BrF2NO3. The molecule has 2 N–H and O–H groups in total. The van der Waals surface area contributed by atoms with Crippen LogP contribution < -0.4 is 5.32 Å². The van der Waals surface area contributed by atoms with Gasteiger partial charge in [0.05, 0.1) is 4.47 Å². The lowest BCUT2D eigenvalue weighted by Gasteiger charge is -2.23. The second kappa shape index (κ2) is 6.36. The number of alkyl carbamates (subject to hydrolysis) is 1. The molecule has 0 heterocycles. The van der Waals surface area contributed by atoms with Gasteiger partial charge in [-0.3, -0.25) is 0 Å². The second-order valence-electron chi connectivity index (χ2n) is 6.81. The number of carbonyl (C=O) groups is 1. The highest BCUT2D eigenvalue weighted by Crippen LogP contribution is 2.55. The Balaban J connectivity index is 2.22. The van der Waals surface area contributed by atoms with E-state index in [1.54, 1.807) is 20.8 Å². The quantitative estimate of drug-likeness (QED) is 0.772. The monoisotopic (exact) mass is 391 g/mol. The highest BCUT2D eigenvalue weighted by molar-refractivity contribution is 9.10. The lowest BCUT2D eigenvalue weighted by atomic mass is 9.92. The van der Waals surface area contributed by atoms with Crippen molar-refractivity contribution in [2.45, 2.75) is 38.2 Å². The van der Waals surface area contributed by atoms with E-state index < -0.39 is 28.7 Å². The van der Waals surface area contributed by atoms with Crippen molar-refractivity contribution in [2.75, 3.05) is 13.2 Å². The van der Waals surface area contributed by atoms with Crippen molar-refractivity contribution in [3.05, 3.63) is 33.8 Å². The first kappa shape index (κ1) is 18.1. The van der Waals surface area contributed by atoms with Gasteiger partial charge in [-0.1, -0.05) is 0 Å². The van der Waals surface area contributed by atoms with Gasteiger partial charge in [-0.25, -0.2) is 13.6 Å². The molecular weight excluding hydrogens is 372 g/mol. The third-order valence-electron chi connectivity index (χ3n) is 3.94. The van der Waals surface area contributed by atoms with E-state index in [-0.39, 0.29) is 29.1 Å². The predicted molar refractivity (Wildman–Crippen MR) is 85.2 cm³/mol. The van der Waals surface area contributed by atoms with E-state index in [9.17, 15) is 18.7 Å². The number of benzene rings is 1. The Kier molecular flexibility index (Phi) is 5.01. The van der Waals surface area contributed by atoms with E-state index in [0.717, 1.165) is 0 Å². The number of hydrogen-bond donors (Lipinski definition) is 2. The van der Waals surface area contributed by atoms with Crippen LogP contribution in [0.4, 0.5) is 13.6 Å². The summed E-state index contributed by atoms with van der Waals surface area (Å²) in [7, 11) is 0. The van der Waals surface area contributed by atoms with Crippen molar-refractivity contribution in [1.29, 1.82) is 0 Å². The standard InChI is InChI=1S/C16H20BrF2NO3/c1-15(2,3)23-14(22)20-8-16(6-9(16)7-21)12-11(18)5-4-10(17)13(12)19/h4-5,9,21H,6-8H2,1-3H3,(H,20,22)/t9-,16-/m0/s1. The SMILES string of the molecule is CC(C)(C)OC(=O)NC[C@@]1(c2c(F)ccc(Br)c2F)C[C@H]1CO. The Morgan fingerprint density at radius 3 is 2.65 bits per heavy atom. The van der Waals surface area contributed by atoms with Gasteiger partial charge >= 0.3 is 6.09 Å². The van der Waals surface area contributed by atoms with Gasteiger partial charge < -0.3 is 15.2 Å². The smallest absolute Gasteiger partial charge is 0.407 e. The molecule has 0 unspecified atom stereocenters. The molecule has 1 aromatic carbocycles. The average molecular weight is 392 g/mol. The number of rotatable bonds is 4. The zero-order valence-electron chi connectivity index (χ0n) is 13.3. The second-order valence-corrected chi connectivity index (χ2v) is 7.67. The first-order valence-corrected chi connectivity index (χ1v) is 8.12. The lowest BCUT2D eigenvalue weighted by Crippen LogP contribution is -2.38. The fraction of sp³-hybridized carbons (Fsp3) is 0.562. The van der Waals surface area contributed by atoms with E-state index in [1.807, 2.05) is 0 Å². The summed E-state index contributed by atoms with van der Waals surface area (Å²) in [5.74, 6) is -1.70. The van der Waals surface area contributed by atoms with Crippen molar-refractivity contribution < 1.29 is 23.4 Å². The topological polar surface area (TPSA) is 58.6 Å². The Hall–Kier alpha value is -1.21. The maximum Gasteiger partial charge on any atom is 0.407 e. The van der Waals surface area contributed by atoms with Crippen LogP contribution in [0, 0.1) is 17.6 Å². The molecule has 128 valence electrons. The van der Waals surface area contributed by atoms with Gasteiger partial charge in [0.1, 0.15) is 17.2 Å². The number of nitrogens with one attached hydrogen (secondary N) is 1. The molecule has 2 atom stereocenters. The summed E-state index contributed by atoms with van der Waals surface area (Å²) in [5, 5.41) is 12.0. The molecule has 0 saturated heterocycles. The number of hydrogen-bond acceptors (Lipinski definition) is 3. The third kappa shape index (κ3) is 3.83. The molecule has 1 fully saturated rings.